The first-order valence-corrected chi connectivity index (χ1v) is 15.5. The van der Waals surface area contributed by atoms with Crippen molar-refractivity contribution in [3.63, 3.8) is 0 Å². The zero-order valence-electron chi connectivity index (χ0n) is 21.4. The van der Waals surface area contributed by atoms with Gasteiger partial charge in [0.2, 0.25) is 5.91 Å². The number of carbonyl (C=O) groups is 2. The molecule has 0 spiro atoms. The molecule has 1 heterocycles. The first kappa shape index (κ1) is 30.4. The van der Waals surface area contributed by atoms with Gasteiger partial charge in [0.05, 0.1) is 11.9 Å². The number of methoxy groups -OCH3 is 1. The molecule has 0 aliphatic carbocycles. The minimum absolute atomic E-state index is 0. The number of benzene rings is 4. The Kier molecular flexibility index (Phi) is 10.2. The molecule has 1 saturated heterocycles. The Hall–Kier alpha value is -2.51. The van der Waals surface area contributed by atoms with Gasteiger partial charge in [-0.3, -0.25) is 4.79 Å². The Labute approximate surface area is 263 Å². The van der Waals surface area contributed by atoms with Crippen molar-refractivity contribution < 1.29 is 41.4 Å². The minimum Gasteiger partial charge on any atom is -0.766 e. The average molecular weight is 727 g/mol. The van der Waals surface area contributed by atoms with Gasteiger partial charge in [0.1, 0.15) is 17.8 Å². The van der Waals surface area contributed by atoms with E-state index in [1.54, 1.807) is 7.11 Å². The summed E-state index contributed by atoms with van der Waals surface area (Å²) in [5, 5.41) is 2.13. The molecular formula is C31H26AgBrNO4PS. The number of hydrogen-bond donors (Lipinski definition) is 0. The molecule has 0 radical (unpaired) electrons. The number of nitrogens with zero attached hydrogens (tertiary/aromatic N) is 1. The van der Waals surface area contributed by atoms with Crippen molar-refractivity contribution in [2.75, 3.05) is 7.11 Å². The van der Waals surface area contributed by atoms with Gasteiger partial charge in [-0.2, -0.15) is 0 Å². The van der Waals surface area contributed by atoms with Crippen LogP contribution in [-0.4, -0.2) is 39.5 Å². The van der Waals surface area contributed by atoms with Crippen molar-refractivity contribution in [1.29, 1.82) is 0 Å². The summed E-state index contributed by atoms with van der Waals surface area (Å²) < 4.78 is 11.2. The Morgan fingerprint density at radius 2 is 1.27 bits per heavy atom. The number of alkyl halides is 1. The third-order valence-corrected chi connectivity index (χ3v) is 12.6. The van der Waals surface area contributed by atoms with E-state index in [1.807, 2.05) is 115 Å². The van der Waals surface area contributed by atoms with Gasteiger partial charge in [0, 0.05) is 6.89 Å². The van der Waals surface area contributed by atoms with Crippen LogP contribution in [0.3, 0.4) is 0 Å². The van der Waals surface area contributed by atoms with Gasteiger partial charge >= 0.3 is 28.3 Å². The molecule has 0 unspecified atom stereocenters. The molecule has 1 amide bonds. The van der Waals surface area contributed by atoms with Crippen LogP contribution < -0.4 is 20.7 Å². The van der Waals surface area contributed by atoms with Crippen LogP contribution in [0.5, 0.6) is 5.75 Å². The second-order valence-electron chi connectivity index (χ2n) is 8.93. The molecule has 40 heavy (non-hydrogen) atoms. The molecule has 4 aromatic rings. The van der Waals surface area contributed by atoms with Crippen molar-refractivity contribution in [1.82, 2.24) is 4.90 Å². The monoisotopic (exact) mass is 725 g/mol. The van der Waals surface area contributed by atoms with E-state index in [2.05, 4.69) is 15.9 Å². The van der Waals surface area contributed by atoms with Gasteiger partial charge in [-0.15, -0.1) is 0 Å². The number of esters is 1. The van der Waals surface area contributed by atoms with Crippen molar-refractivity contribution >= 4 is 68.7 Å². The summed E-state index contributed by atoms with van der Waals surface area (Å²) >= 11 is 9.15. The van der Waals surface area contributed by atoms with E-state index in [0.717, 1.165) is 21.5 Å². The van der Waals surface area contributed by atoms with Crippen LogP contribution in [0.1, 0.15) is 5.56 Å². The number of β-lactam (4-membered cyclic amide) rings is 1. The Bertz CT molecular complexity index is 1420. The number of carbonyl (C=O) groups excluding carboxylic acids is 2. The van der Waals surface area contributed by atoms with Crippen molar-refractivity contribution in [3.8, 4) is 5.75 Å². The molecule has 1 fully saturated rings. The summed E-state index contributed by atoms with van der Waals surface area (Å²) in [7, 11) is 1.60. The van der Waals surface area contributed by atoms with E-state index in [-0.39, 0.29) is 40.3 Å². The predicted octanol–water partition coefficient (Wildman–Crippen LogP) is 4.34. The summed E-state index contributed by atoms with van der Waals surface area (Å²) in [6.45, 7) is -2.90. The Morgan fingerprint density at radius 1 is 0.825 bits per heavy atom. The quantitative estimate of drug-likeness (QED) is 0.0676. The summed E-state index contributed by atoms with van der Waals surface area (Å²) in [6, 6.07) is 36.9. The second-order valence-corrected chi connectivity index (χ2v) is 13.7. The first-order valence-electron chi connectivity index (χ1n) is 12.3. The third-order valence-electron chi connectivity index (χ3n) is 6.67. The average Bonchev–Trinajstić information content (AvgIpc) is 3.01. The zero-order chi connectivity index (χ0) is 27.4. The van der Waals surface area contributed by atoms with Gasteiger partial charge in [0.25, 0.3) is 0 Å². The normalized spacial score (nSPS) is 16.4. The number of halogens is 1. The number of hydrogen-bond acceptors (Lipinski definition) is 5. The summed E-state index contributed by atoms with van der Waals surface area (Å²) in [5.41, 5.74) is 1.08. The molecule has 2 atom stereocenters. The molecule has 1 aliphatic heterocycles. The van der Waals surface area contributed by atoms with Crippen LogP contribution in [-0.2, 0) is 55.9 Å². The molecule has 0 N–H and O–H groups in total. The van der Waals surface area contributed by atoms with Crippen molar-refractivity contribution in [2.45, 2.75) is 16.8 Å². The fourth-order valence-corrected chi connectivity index (χ4v) is 9.99. The smallest absolute Gasteiger partial charge is 0.766 e. The van der Waals surface area contributed by atoms with Crippen LogP contribution in [0.2, 0.25) is 0 Å². The molecule has 1 aliphatic rings. The summed E-state index contributed by atoms with van der Waals surface area (Å²) in [5.74, 6) is -0.111. The molecule has 0 bridgehead atoms. The van der Waals surface area contributed by atoms with Gasteiger partial charge in [0.15, 0.2) is 0 Å². The fraction of sp³-hybridized carbons (Fsp3) is 0.129. The summed E-state index contributed by atoms with van der Waals surface area (Å²) in [4.78, 5) is 28.6. The van der Waals surface area contributed by atoms with Crippen LogP contribution in [0.25, 0.3) is 0 Å². The number of ether oxygens (including phenoxy) is 2. The molecule has 5 nitrogen and oxygen atoms in total. The van der Waals surface area contributed by atoms with E-state index < -0.39 is 23.1 Å². The SMILES string of the molecule is COc1ccc(COC(=O)C(N2C(=O)[C@H](Br)[C@H]2[S-])=P(c2ccccc2)(c2ccccc2)c2ccccc2)cc1.[Ag+]. The maximum Gasteiger partial charge on any atom is 1.00 e. The number of likely N-dealkylation sites (tertiary alicyclic amines) is 1. The summed E-state index contributed by atoms with van der Waals surface area (Å²) in [6.07, 6.45) is 0. The van der Waals surface area contributed by atoms with E-state index in [9.17, 15) is 9.59 Å². The maximum absolute atomic E-state index is 14.3. The standard InChI is InChI=1S/C31H27BrNO4PS.Ag/c1-36-23-19-17-22(18-20-23)21-37-31(35)29(33-28(34)27(32)30(33)39)38(24-11-5-2-6-12-24,25-13-7-3-8-14-25)26-15-9-4-10-16-26;/h2-20,27,30,39H,21H2,1H3;/q;+1/p-1/t27-,30+;/m0./s1. The van der Waals surface area contributed by atoms with E-state index >= 15 is 0 Å². The van der Waals surface area contributed by atoms with Gasteiger partial charge < -0.3 is 27.0 Å². The Balaban J connectivity index is 0.00000370. The van der Waals surface area contributed by atoms with E-state index in [1.165, 1.54) is 4.90 Å². The first-order chi connectivity index (χ1) is 19.0. The molecule has 0 saturated carbocycles. The predicted molar refractivity (Wildman–Crippen MR) is 164 cm³/mol. The second kappa shape index (κ2) is 13.4. The minimum atomic E-state index is -2.94. The molecule has 9 heteroatoms. The van der Waals surface area contributed by atoms with E-state index in [4.69, 9.17) is 22.1 Å². The van der Waals surface area contributed by atoms with Crippen molar-refractivity contribution in [3.05, 3.63) is 121 Å². The van der Waals surface area contributed by atoms with Gasteiger partial charge in [-0.05, 0) is 33.6 Å². The molecule has 5 rings (SSSR count). The molecule has 208 valence electrons. The number of amides is 1. The largest absolute Gasteiger partial charge is 1.00 e. The fourth-order valence-electron chi connectivity index (χ4n) is 4.75. The van der Waals surface area contributed by atoms with Crippen LogP contribution in [0.4, 0.5) is 0 Å². The molecule has 4 aromatic carbocycles. The van der Waals surface area contributed by atoms with E-state index in [0.29, 0.717) is 5.75 Å². The maximum atomic E-state index is 14.3. The van der Waals surface area contributed by atoms with Gasteiger partial charge in [-0.1, -0.05) is 124 Å². The van der Waals surface area contributed by atoms with Crippen molar-refractivity contribution in [2.24, 2.45) is 0 Å². The third kappa shape index (κ3) is 5.64. The topological polar surface area (TPSA) is 55.8 Å². The molecular weight excluding hydrogens is 701 g/mol. The molecule has 0 aromatic heterocycles. The number of rotatable bonds is 8. The van der Waals surface area contributed by atoms with Crippen LogP contribution in [0.15, 0.2) is 115 Å². The van der Waals surface area contributed by atoms with Crippen LogP contribution >= 0.6 is 22.8 Å². The Morgan fingerprint density at radius 3 is 1.68 bits per heavy atom. The van der Waals surface area contributed by atoms with Crippen LogP contribution in [0, 0.1) is 0 Å². The zero-order valence-corrected chi connectivity index (χ0v) is 26.2. The van der Waals surface area contributed by atoms with Gasteiger partial charge in [-0.25, -0.2) is 4.79 Å².